The molecule has 0 radical (unpaired) electrons. The number of hydrogen-bond donors (Lipinski definition) is 2. The van der Waals surface area contributed by atoms with Crippen molar-refractivity contribution in [2.45, 2.75) is 90.5 Å². The minimum atomic E-state index is -2.00. The summed E-state index contributed by atoms with van der Waals surface area (Å²) in [6, 6.07) is 8.39. The first kappa shape index (κ1) is 28.8. The predicted octanol–water partition coefficient (Wildman–Crippen LogP) is 4.76. The zero-order valence-corrected chi connectivity index (χ0v) is 24.7. The van der Waals surface area contributed by atoms with Gasteiger partial charge >= 0.3 is 6.09 Å². The Balaban J connectivity index is 2.18. The van der Waals surface area contributed by atoms with Crippen molar-refractivity contribution in [2.75, 3.05) is 7.11 Å². The van der Waals surface area contributed by atoms with Gasteiger partial charge in [0.2, 0.25) is 0 Å². The lowest BCUT2D eigenvalue weighted by atomic mass is 9.67. The molecule has 0 spiro atoms. The lowest BCUT2D eigenvalue weighted by molar-refractivity contribution is -0.184. The standard InChI is InChI=1S/C28H42N2O6Si/c1-17(2)23(31)28(29-26(33)36-27(4,5)6)22(21-15-16-35-24(21)37(8,9)10)30(25(28)32)18(3)19-11-13-20(34-7)14-12-19/h11-18,22-23,31H,1-10H3,(H,29,33)/t18-,22-,23-,28-/m0/s1. The number of rotatable bonds is 8. The van der Waals surface area contributed by atoms with Crippen molar-refractivity contribution < 1.29 is 28.6 Å². The highest BCUT2D eigenvalue weighted by atomic mass is 28.3. The van der Waals surface area contributed by atoms with Gasteiger partial charge in [-0.05, 0) is 57.4 Å². The molecular weight excluding hydrogens is 488 g/mol. The number of carbonyl (C=O) groups is 2. The highest BCUT2D eigenvalue weighted by molar-refractivity contribution is 6.88. The lowest BCUT2D eigenvalue weighted by Crippen LogP contribution is -2.81. The van der Waals surface area contributed by atoms with Crippen molar-refractivity contribution in [3.8, 4) is 5.75 Å². The van der Waals surface area contributed by atoms with E-state index in [1.54, 1.807) is 39.0 Å². The Bertz CT molecular complexity index is 1110. The zero-order valence-electron chi connectivity index (χ0n) is 23.7. The molecule has 9 heteroatoms. The lowest BCUT2D eigenvalue weighted by Gasteiger charge is -2.60. The van der Waals surface area contributed by atoms with Crippen molar-refractivity contribution in [1.29, 1.82) is 0 Å². The molecule has 8 nitrogen and oxygen atoms in total. The third kappa shape index (κ3) is 5.43. The van der Waals surface area contributed by atoms with Crippen LogP contribution in [0.3, 0.4) is 0 Å². The number of aliphatic hydroxyl groups is 1. The average Bonchev–Trinajstić information content (AvgIpc) is 3.28. The average molecular weight is 531 g/mol. The van der Waals surface area contributed by atoms with Gasteiger partial charge in [0.05, 0.1) is 36.9 Å². The Morgan fingerprint density at radius 3 is 2.22 bits per heavy atom. The number of carbonyl (C=O) groups excluding carboxylic acids is 2. The van der Waals surface area contributed by atoms with Crippen molar-refractivity contribution >= 4 is 25.5 Å². The molecule has 2 aromatic rings. The van der Waals surface area contributed by atoms with Crippen LogP contribution in [-0.4, -0.2) is 54.4 Å². The topological polar surface area (TPSA) is 101 Å². The third-order valence-corrected chi connectivity index (χ3v) is 8.56. The van der Waals surface area contributed by atoms with E-state index in [2.05, 4.69) is 25.0 Å². The molecule has 2 heterocycles. The van der Waals surface area contributed by atoms with Gasteiger partial charge < -0.3 is 29.2 Å². The molecular formula is C28H42N2O6Si. The molecule has 204 valence electrons. The van der Waals surface area contributed by atoms with E-state index in [4.69, 9.17) is 13.9 Å². The summed E-state index contributed by atoms with van der Waals surface area (Å²) in [4.78, 5) is 29.0. The quantitative estimate of drug-likeness (QED) is 0.377. The van der Waals surface area contributed by atoms with Crippen LogP contribution < -0.4 is 15.4 Å². The predicted molar refractivity (Wildman–Crippen MR) is 146 cm³/mol. The fraction of sp³-hybridized carbons (Fsp3) is 0.571. The van der Waals surface area contributed by atoms with Crippen molar-refractivity contribution in [2.24, 2.45) is 5.92 Å². The van der Waals surface area contributed by atoms with Gasteiger partial charge in [-0.1, -0.05) is 45.6 Å². The molecule has 2 N–H and O–H groups in total. The maximum Gasteiger partial charge on any atom is 0.408 e. The van der Waals surface area contributed by atoms with E-state index in [9.17, 15) is 14.7 Å². The molecule has 37 heavy (non-hydrogen) atoms. The van der Waals surface area contributed by atoms with Crippen LogP contribution in [0, 0.1) is 5.92 Å². The normalized spacial score (nSPS) is 21.9. The van der Waals surface area contributed by atoms with E-state index >= 15 is 0 Å². The highest BCUT2D eigenvalue weighted by Crippen LogP contribution is 2.51. The van der Waals surface area contributed by atoms with Crippen LogP contribution in [0.25, 0.3) is 0 Å². The number of alkyl carbamates (subject to hydrolysis) is 1. The van der Waals surface area contributed by atoms with Crippen LogP contribution in [0.5, 0.6) is 5.75 Å². The number of nitrogens with one attached hydrogen (secondary N) is 1. The second-order valence-corrected chi connectivity index (χ2v) is 17.2. The molecule has 4 atom stereocenters. The Morgan fingerprint density at radius 1 is 1.14 bits per heavy atom. The number of aliphatic hydroxyl groups excluding tert-OH is 1. The molecule has 1 saturated heterocycles. The van der Waals surface area contributed by atoms with E-state index in [-0.39, 0.29) is 17.9 Å². The largest absolute Gasteiger partial charge is 0.497 e. The molecule has 0 saturated carbocycles. The van der Waals surface area contributed by atoms with Gasteiger partial charge in [-0.2, -0.15) is 0 Å². The first-order valence-corrected chi connectivity index (χ1v) is 16.3. The van der Waals surface area contributed by atoms with Crippen LogP contribution in [0.1, 0.15) is 64.8 Å². The summed E-state index contributed by atoms with van der Waals surface area (Å²) in [5, 5.41) is 15.2. The first-order valence-electron chi connectivity index (χ1n) is 12.8. The third-order valence-electron chi connectivity index (χ3n) is 6.79. The molecule has 1 aromatic heterocycles. The van der Waals surface area contributed by atoms with Crippen molar-refractivity contribution in [3.63, 3.8) is 0 Å². The first-order chi connectivity index (χ1) is 17.0. The number of benzene rings is 1. The SMILES string of the molecule is COc1ccc([C@H](C)N2C(=O)[C@@](NC(=O)OC(C)(C)C)([C@@H](O)C(C)C)[C@@H]2c2ccoc2[Si](C)(C)C)cc1. The summed E-state index contributed by atoms with van der Waals surface area (Å²) in [7, 11) is -0.393. The number of furan rings is 1. The van der Waals surface area contributed by atoms with Gasteiger partial charge in [-0.25, -0.2) is 4.79 Å². The van der Waals surface area contributed by atoms with Crippen LogP contribution in [0.2, 0.25) is 19.6 Å². The monoisotopic (exact) mass is 530 g/mol. The summed E-state index contributed by atoms with van der Waals surface area (Å²) < 4.78 is 16.8. The fourth-order valence-electron chi connectivity index (χ4n) is 5.07. The summed E-state index contributed by atoms with van der Waals surface area (Å²) >= 11 is 0. The zero-order chi connectivity index (χ0) is 27.9. The van der Waals surface area contributed by atoms with Gasteiger partial charge in [0.15, 0.2) is 5.54 Å². The Morgan fingerprint density at radius 2 is 1.73 bits per heavy atom. The Hall–Kier alpha value is -2.78. The Labute approximate surface area is 221 Å². The molecule has 2 amide bonds. The summed E-state index contributed by atoms with van der Waals surface area (Å²) in [6.45, 7) is 17.4. The van der Waals surface area contributed by atoms with Crippen LogP contribution in [0.15, 0.2) is 41.0 Å². The number of amides is 2. The van der Waals surface area contributed by atoms with E-state index in [0.29, 0.717) is 0 Å². The molecule has 0 aliphatic carbocycles. The van der Waals surface area contributed by atoms with Crippen LogP contribution in [-0.2, 0) is 9.53 Å². The van der Waals surface area contributed by atoms with E-state index in [0.717, 1.165) is 22.3 Å². The maximum absolute atomic E-state index is 14.2. The minimum absolute atomic E-state index is 0.318. The summed E-state index contributed by atoms with van der Waals surface area (Å²) in [5.74, 6) is 0.0344. The van der Waals surface area contributed by atoms with Crippen molar-refractivity contribution in [3.05, 3.63) is 47.7 Å². The molecule has 3 rings (SSSR count). The second-order valence-electron chi connectivity index (χ2n) is 12.2. The second kappa shape index (κ2) is 10.2. The summed E-state index contributed by atoms with van der Waals surface area (Å²) in [5.41, 5.74) is -0.682. The van der Waals surface area contributed by atoms with E-state index < -0.39 is 37.5 Å². The van der Waals surface area contributed by atoms with Gasteiger partial charge in [0.25, 0.3) is 5.91 Å². The van der Waals surface area contributed by atoms with E-state index in [1.165, 1.54) is 0 Å². The van der Waals surface area contributed by atoms with Crippen LogP contribution in [0.4, 0.5) is 4.79 Å². The fourth-order valence-corrected chi connectivity index (χ4v) is 6.57. The molecule has 1 fully saturated rings. The molecule has 0 unspecified atom stereocenters. The number of methoxy groups -OCH3 is 1. The minimum Gasteiger partial charge on any atom is -0.497 e. The summed E-state index contributed by atoms with van der Waals surface area (Å²) in [6.07, 6.45) is -0.288. The van der Waals surface area contributed by atoms with Gasteiger partial charge in [0.1, 0.15) is 19.4 Å². The molecule has 1 aliphatic heterocycles. The smallest absolute Gasteiger partial charge is 0.408 e. The number of likely N-dealkylation sites (tertiary alicyclic amines) is 1. The van der Waals surface area contributed by atoms with Crippen molar-refractivity contribution in [1.82, 2.24) is 10.2 Å². The van der Waals surface area contributed by atoms with Gasteiger partial charge in [0, 0.05) is 5.56 Å². The number of hydrogen-bond acceptors (Lipinski definition) is 6. The molecule has 0 bridgehead atoms. The molecule has 1 aliphatic rings. The van der Waals surface area contributed by atoms with Gasteiger partial charge in [-0.15, -0.1) is 0 Å². The number of ether oxygens (including phenoxy) is 2. The number of β-lactam (4-membered cyclic amide) rings is 1. The Kier molecular flexibility index (Phi) is 7.91. The highest BCUT2D eigenvalue weighted by Gasteiger charge is 2.68. The van der Waals surface area contributed by atoms with E-state index in [1.807, 2.05) is 51.1 Å². The van der Waals surface area contributed by atoms with Crippen LogP contribution >= 0.6 is 0 Å². The van der Waals surface area contributed by atoms with Gasteiger partial charge in [-0.3, -0.25) is 4.79 Å². The number of nitrogens with zero attached hydrogens (tertiary/aromatic N) is 1. The maximum atomic E-state index is 14.2. The molecule has 1 aromatic carbocycles.